The van der Waals surface area contributed by atoms with Crippen molar-refractivity contribution >= 4 is 10.8 Å². The first-order valence-electron chi connectivity index (χ1n) is 13.5. The van der Waals surface area contributed by atoms with Gasteiger partial charge in [0.1, 0.15) is 0 Å². The van der Waals surface area contributed by atoms with Gasteiger partial charge in [0.25, 0.3) is 0 Å². The van der Waals surface area contributed by atoms with Crippen LogP contribution in [0, 0.1) is 35.7 Å². The van der Waals surface area contributed by atoms with Crippen molar-refractivity contribution in [3.63, 3.8) is 0 Å². The molecule has 2 saturated carbocycles. The van der Waals surface area contributed by atoms with Gasteiger partial charge in [-0.05, 0) is 78.8 Å². The number of hydrogen-bond acceptors (Lipinski definition) is 3. The van der Waals surface area contributed by atoms with Gasteiger partial charge in [-0.3, -0.25) is 0 Å². The van der Waals surface area contributed by atoms with Crippen LogP contribution >= 0.6 is 0 Å². The first kappa shape index (κ1) is 29.0. The fourth-order valence-electron chi connectivity index (χ4n) is 7.07. The number of aromatic nitrogens is 1. The van der Waals surface area contributed by atoms with Crippen LogP contribution < -0.4 is 0 Å². The zero-order chi connectivity index (χ0) is 25.2. The molecule has 0 aliphatic heterocycles. The number of fused-ring (bicyclic) bond motifs is 2. The first-order chi connectivity index (χ1) is 16.8. The summed E-state index contributed by atoms with van der Waals surface area (Å²) < 4.78 is 0. The summed E-state index contributed by atoms with van der Waals surface area (Å²) in [5.74, 6) is 0.666. The Balaban J connectivity index is 0.000000195. The number of pyridine rings is 1. The second kappa shape index (κ2) is 11.9. The van der Waals surface area contributed by atoms with Gasteiger partial charge in [0.2, 0.25) is 0 Å². The van der Waals surface area contributed by atoms with E-state index >= 15 is 0 Å². The summed E-state index contributed by atoms with van der Waals surface area (Å²) in [4.78, 5) is 4.51. The monoisotopic (exact) mass is 665 g/mol. The molecule has 1 aromatic heterocycles. The summed E-state index contributed by atoms with van der Waals surface area (Å²) in [5.41, 5.74) is 3.42. The maximum absolute atomic E-state index is 10.7. The number of hydrogen-bond donors (Lipinski definition) is 2. The van der Waals surface area contributed by atoms with Gasteiger partial charge in [0.15, 0.2) is 0 Å². The van der Waals surface area contributed by atoms with E-state index in [4.69, 9.17) is 0 Å². The molecule has 1 heterocycles. The van der Waals surface area contributed by atoms with Gasteiger partial charge < -0.3 is 15.2 Å². The van der Waals surface area contributed by atoms with E-state index < -0.39 is 0 Å². The molecule has 197 valence electrons. The van der Waals surface area contributed by atoms with Crippen LogP contribution in [0.3, 0.4) is 0 Å². The Morgan fingerprint density at radius 3 is 2.00 bits per heavy atom. The quantitative estimate of drug-likeness (QED) is 0.280. The normalized spacial score (nSPS) is 25.5. The Labute approximate surface area is 231 Å². The van der Waals surface area contributed by atoms with E-state index in [1.54, 1.807) is 0 Å². The molecule has 5 rings (SSSR count). The largest absolute Gasteiger partial charge is 0.392 e. The molecular formula is C32H42IrNO2-. The minimum Gasteiger partial charge on any atom is -0.392 e. The van der Waals surface area contributed by atoms with E-state index in [1.165, 1.54) is 16.3 Å². The number of rotatable bonds is 5. The molecule has 2 N–H and O–H groups in total. The molecule has 2 atom stereocenters. The van der Waals surface area contributed by atoms with Crippen LogP contribution in [-0.4, -0.2) is 27.4 Å². The Bertz CT molecular complexity index is 1100. The Hall–Kier alpha value is -1.58. The fourth-order valence-corrected chi connectivity index (χ4v) is 7.07. The zero-order valence-corrected chi connectivity index (χ0v) is 24.8. The minimum absolute atomic E-state index is 0. The van der Waals surface area contributed by atoms with E-state index in [2.05, 4.69) is 69.9 Å². The van der Waals surface area contributed by atoms with E-state index in [-0.39, 0.29) is 49.1 Å². The summed E-state index contributed by atoms with van der Waals surface area (Å²) >= 11 is 0. The van der Waals surface area contributed by atoms with Gasteiger partial charge >= 0.3 is 0 Å². The summed E-state index contributed by atoms with van der Waals surface area (Å²) in [5, 5.41) is 23.9. The Kier molecular flexibility index (Phi) is 9.55. The summed E-state index contributed by atoms with van der Waals surface area (Å²) in [6.07, 6.45) is 7.73. The zero-order valence-electron chi connectivity index (χ0n) is 22.4. The number of aliphatic hydroxyl groups is 2. The number of benzene rings is 2. The van der Waals surface area contributed by atoms with E-state index in [9.17, 15) is 10.2 Å². The van der Waals surface area contributed by atoms with Crippen molar-refractivity contribution in [3.8, 4) is 11.3 Å². The molecule has 2 aromatic carbocycles. The molecular weight excluding hydrogens is 623 g/mol. The second-order valence-electron chi connectivity index (χ2n) is 10.9. The van der Waals surface area contributed by atoms with Crippen molar-refractivity contribution in [1.29, 1.82) is 0 Å². The molecule has 4 heteroatoms. The van der Waals surface area contributed by atoms with Gasteiger partial charge in [-0.2, -0.15) is 0 Å². The third kappa shape index (κ3) is 5.07. The van der Waals surface area contributed by atoms with Gasteiger partial charge in [-0.25, -0.2) is 0 Å². The number of aryl methyl sites for hydroxylation is 1. The maximum atomic E-state index is 10.7. The van der Waals surface area contributed by atoms with Crippen molar-refractivity contribution in [3.05, 3.63) is 66.4 Å². The van der Waals surface area contributed by atoms with Crippen molar-refractivity contribution in [1.82, 2.24) is 4.98 Å². The first-order valence-corrected chi connectivity index (χ1v) is 13.5. The number of nitrogens with zero attached hydrogens (tertiary/aromatic N) is 1. The SMILES string of the molecule is CCC1(CC)CC2CC(CC)(CC)C(O)C2C1O.Cc1cccc2cc(-c3[c-]cccc3)ncc12.[Ir]. The van der Waals surface area contributed by atoms with Crippen LogP contribution in [0.1, 0.15) is 71.8 Å². The van der Waals surface area contributed by atoms with Crippen molar-refractivity contribution in [2.24, 2.45) is 22.7 Å². The maximum Gasteiger partial charge on any atom is 0.0651 e. The smallest absolute Gasteiger partial charge is 0.0651 e. The fraction of sp³-hybridized carbons (Fsp3) is 0.531. The average Bonchev–Trinajstić information content (AvgIpc) is 3.34. The Morgan fingerprint density at radius 2 is 1.50 bits per heavy atom. The van der Waals surface area contributed by atoms with Crippen LogP contribution in [0.2, 0.25) is 0 Å². The third-order valence-corrected chi connectivity index (χ3v) is 9.65. The van der Waals surface area contributed by atoms with Gasteiger partial charge in [-0.15, -0.1) is 35.9 Å². The molecule has 2 fully saturated rings. The van der Waals surface area contributed by atoms with E-state index in [0.717, 1.165) is 49.8 Å². The molecule has 2 unspecified atom stereocenters. The minimum atomic E-state index is -0.299. The molecule has 0 bridgehead atoms. The van der Waals surface area contributed by atoms with Crippen molar-refractivity contribution < 1.29 is 30.3 Å². The molecule has 36 heavy (non-hydrogen) atoms. The van der Waals surface area contributed by atoms with Gasteiger partial charge in [0, 0.05) is 37.6 Å². The second-order valence-corrected chi connectivity index (χ2v) is 10.9. The number of aliphatic hydroxyl groups excluding tert-OH is 2. The van der Waals surface area contributed by atoms with Crippen molar-refractivity contribution in [2.45, 2.75) is 85.4 Å². The van der Waals surface area contributed by atoms with Crippen LogP contribution in [0.25, 0.3) is 22.0 Å². The summed E-state index contributed by atoms with van der Waals surface area (Å²) in [7, 11) is 0. The topological polar surface area (TPSA) is 53.4 Å². The van der Waals surface area contributed by atoms with E-state index in [0.29, 0.717) is 5.92 Å². The molecule has 3 aromatic rings. The van der Waals surface area contributed by atoms with Crippen LogP contribution in [0.5, 0.6) is 0 Å². The van der Waals surface area contributed by atoms with Crippen LogP contribution in [-0.2, 0) is 20.1 Å². The summed E-state index contributed by atoms with van der Waals surface area (Å²) in [6, 6.07) is 19.6. The van der Waals surface area contributed by atoms with Crippen LogP contribution in [0.4, 0.5) is 0 Å². The van der Waals surface area contributed by atoms with Gasteiger partial charge in [0.05, 0.1) is 12.2 Å². The Morgan fingerprint density at radius 1 is 0.889 bits per heavy atom. The standard InChI is InChI=1S/C16H12N.C16H30O2.Ir/c1-12-6-5-9-14-10-16(17-11-15(12)14)13-7-3-2-4-8-13;1-5-15(6-2)9-11-10-16(7-3,8-4)14(18)12(11)13(15)17;/h2-7,9-11H,1H3;11-14,17-18H,5-10H2,1-4H3;/q-1;;. The summed E-state index contributed by atoms with van der Waals surface area (Å²) in [6.45, 7) is 10.9. The third-order valence-electron chi connectivity index (χ3n) is 9.65. The molecule has 3 nitrogen and oxygen atoms in total. The predicted octanol–water partition coefficient (Wildman–Crippen LogP) is 7.37. The molecule has 0 saturated heterocycles. The average molecular weight is 665 g/mol. The molecule has 1 radical (unpaired) electrons. The van der Waals surface area contributed by atoms with Crippen LogP contribution in [0.15, 0.2) is 54.7 Å². The predicted molar refractivity (Wildman–Crippen MR) is 145 cm³/mol. The molecule has 2 aliphatic rings. The van der Waals surface area contributed by atoms with Gasteiger partial charge in [-0.1, -0.05) is 52.0 Å². The molecule has 0 amide bonds. The van der Waals surface area contributed by atoms with Crippen molar-refractivity contribution in [2.75, 3.05) is 0 Å². The van der Waals surface area contributed by atoms with E-state index in [1.807, 2.05) is 30.5 Å². The molecule has 2 aliphatic carbocycles. The molecule has 0 spiro atoms.